The smallest absolute Gasteiger partial charge is 0.338 e. The largest absolute Gasteiger partial charge is 0.493 e. The minimum atomic E-state index is -0.773. The average Bonchev–Trinajstić information content (AvgIpc) is 3.18. The molecule has 2 aromatic carbocycles. The first kappa shape index (κ1) is 19.0. The Kier molecular flexibility index (Phi) is 5.65. The first-order valence-corrected chi connectivity index (χ1v) is 8.68. The Bertz CT molecular complexity index is 1010. The van der Waals surface area contributed by atoms with Crippen LogP contribution in [-0.4, -0.2) is 33.3 Å². The van der Waals surface area contributed by atoms with E-state index in [9.17, 15) is 4.79 Å². The highest BCUT2D eigenvalue weighted by atomic mass is 16.6. The molecule has 0 aliphatic heterocycles. The van der Waals surface area contributed by atoms with Crippen molar-refractivity contribution in [1.29, 1.82) is 5.26 Å². The Morgan fingerprint density at radius 3 is 2.54 bits per heavy atom. The van der Waals surface area contributed by atoms with Gasteiger partial charge >= 0.3 is 5.97 Å². The maximum Gasteiger partial charge on any atom is 0.338 e. The van der Waals surface area contributed by atoms with E-state index < -0.39 is 12.0 Å². The van der Waals surface area contributed by atoms with Gasteiger partial charge in [-0.25, -0.2) is 4.79 Å². The van der Waals surface area contributed by atoms with Crippen LogP contribution in [0.2, 0.25) is 0 Å². The summed E-state index contributed by atoms with van der Waals surface area (Å²) in [6.45, 7) is 3.74. The van der Waals surface area contributed by atoms with E-state index in [-0.39, 0.29) is 11.7 Å². The molecule has 0 saturated heterocycles. The second-order valence-electron chi connectivity index (χ2n) is 6.39. The quantitative estimate of drug-likeness (QED) is 0.480. The number of carbonyl (C=O) groups excluding carboxylic acids is 1. The van der Waals surface area contributed by atoms with Gasteiger partial charge in [0.15, 0.2) is 17.5 Å². The normalized spacial score (nSPS) is 11.7. The van der Waals surface area contributed by atoms with Crippen LogP contribution in [0.15, 0.2) is 48.5 Å². The number of tetrazole rings is 1. The maximum atomic E-state index is 12.9. The fourth-order valence-corrected chi connectivity index (χ4v) is 2.67. The molecule has 3 rings (SSSR count). The zero-order valence-electron chi connectivity index (χ0n) is 15.7. The molecule has 28 heavy (non-hydrogen) atoms. The zero-order valence-corrected chi connectivity index (χ0v) is 15.7. The highest BCUT2D eigenvalue weighted by molar-refractivity contribution is 5.77. The zero-order chi connectivity index (χ0) is 20.1. The number of methoxy groups -OCH3 is 1. The van der Waals surface area contributed by atoms with Gasteiger partial charge in [-0.05, 0) is 23.3 Å². The number of hydrogen-bond acceptors (Lipinski definition) is 7. The third-order valence-electron chi connectivity index (χ3n) is 4.09. The summed E-state index contributed by atoms with van der Waals surface area (Å²) >= 11 is 0. The van der Waals surface area contributed by atoms with Gasteiger partial charge in [0.05, 0.1) is 18.7 Å². The predicted octanol–water partition coefficient (Wildman–Crippen LogP) is 3.02. The van der Waals surface area contributed by atoms with Crippen molar-refractivity contribution in [1.82, 2.24) is 20.2 Å². The standard InChI is InChI=1S/C20H19N5O3/c1-13(2)18(25-23-19(22-24-25)15-7-5-4-6-8-15)20(26)28-16-10-9-14(12-21)11-17(16)27-3/h4-11,13,18H,1-3H3. The first-order chi connectivity index (χ1) is 13.5. The van der Waals surface area contributed by atoms with Crippen LogP contribution in [0.5, 0.6) is 11.5 Å². The van der Waals surface area contributed by atoms with E-state index in [0.29, 0.717) is 17.1 Å². The highest BCUT2D eigenvalue weighted by Gasteiger charge is 2.30. The number of nitriles is 1. The molecule has 0 amide bonds. The molecule has 8 nitrogen and oxygen atoms in total. The lowest BCUT2D eigenvalue weighted by Gasteiger charge is -2.18. The molecule has 142 valence electrons. The van der Waals surface area contributed by atoms with Crippen LogP contribution in [0.3, 0.4) is 0 Å². The van der Waals surface area contributed by atoms with Gasteiger partial charge in [-0.2, -0.15) is 5.26 Å². The summed E-state index contributed by atoms with van der Waals surface area (Å²) in [6, 6.07) is 15.2. The van der Waals surface area contributed by atoms with Gasteiger partial charge < -0.3 is 9.47 Å². The Morgan fingerprint density at radius 2 is 1.89 bits per heavy atom. The molecule has 1 unspecified atom stereocenters. The average molecular weight is 377 g/mol. The third kappa shape index (κ3) is 3.99. The van der Waals surface area contributed by atoms with Gasteiger partial charge in [-0.15, -0.1) is 15.0 Å². The SMILES string of the molecule is COc1cc(C#N)ccc1OC(=O)C(C(C)C)n1nnc(-c2ccccc2)n1. The summed E-state index contributed by atoms with van der Waals surface area (Å²) in [5.74, 6) is 0.256. The second-order valence-corrected chi connectivity index (χ2v) is 6.39. The number of nitrogens with zero attached hydrogens (tertiary/aromatic N) is 5. The number of hydrogen-bond donors (Lipinski definition) is 0. The van der Waals surface area contributed by atoms with E-state index in [2.05, 4.69) is 15.4 Å². The topological polar surface area (TPSA) is 103 Å². The van der Waals surface area contributed by atoms with Crippen LogP contribution < -0.4 is 9.47 Å². The lowest BCUT2D eigenvalue weighted by molar-refractivity contribution is -0.140. The molecule has 0 spiro atoms. The third-order valence-corrected chi connectivity index (χ3v) is 4.09. The van der Waals surface area contributed by atoms with E-state index in [1.54, 1.807) is 6.07 Å². The maximum absolute atomic E-state index is 12.9. The Hall–Kier alpha value is -3.73. The molecule has 0 N–H and O–H groups in total. The van der Waals surface area contributed by atoms with Crippen LogP contribution in [-0.2, 0) is 4.79 Å². The molecule has 0 aliphatic carbocycles. The Balaban J connectivity index is 1.86. The molecule has 8 heteroatoms. The lowest BCUT2D eigenvalue weighted by Crippen LogP contribution is -2.30. The number of benzene rings is 2. The van der Waals surface area contributed by atoms with Crippen molar-refractivity contribution in [3.63, 3.8) is 0 Å². The summed E-state index contributed by atoms with van der Waals surface area (Å²) in [6.07, 6.45) is 0. The monoisotopic (exact) mass is 377 g/mol. The van der Waals surface area contributed by atoms with Crippen molar-refractivity contribution >= 4 is 5.97 Å². The molecule has 1 atom stereocenters. The fraction of sp³-hybridized carbons (Fsp3) is 0.250. The van der Waals surface area contributed by atoms with Crippen molar-refractivity contribution in [3.8, 4) is 29.0 Å². The summed E-state index contributed by atoms with van der Waals surface area (Å²) in [4.78, 5) is 14.1. The minimum Gasteiger partial charge on any atom is -0.493 e. The molecule has 0 bridgehead atoms. The molecule has 1 aromatic heterocycles. The molecular formula is C20H19N5O3. The Morgan fingerprint density at radius 1 is 1.14 bits per heavy atom. The van der Waals surface area contributed by atoms with Crippen LogP contribution in [0, 0.1) is 17.2 Å². The van der Waals surface area contributed by atoms with Gasteiger partial charge in [0.25, 0.3) is 0 Å². The summed E-state index contributed by atoms with van der Waals surface area (Å²) in [7, 11) is 1.44. The Labute approximate surface area is 162 Å². The summed E-state index contributed by atoms with van der Waals surface area (Å²) in [5.41, 5.74) is 1.21. The second kappa shape index (κ2) is 8.31. The van der Waals surface area contributed by atoms with E-state index in [4.69, 9.17) is 14.7 Å². The van der Waals surface area contributed by atoms with E-state index in [1.165, 1.54) is 24.0 Å². The first-order valence-electron chi connectivity index (χ1n) is 8.68. The number of carbonyl (C=O) groups is 1. The molecule has 1 heterocycles. The number of rotatable bonds is 6. The summed E-state index contributed by atoms with van der Waals surface area (Å²) < 4.78 is 10.7. The molecule has 3 aromatic rings. The number of esters is 1. The van der Waals surface area contributed by atoms with E-state index in [1.807, 2.05) is 50.2 Å². The molecule has 0 radical (unpaired) electrons. The summed E-state index contributed by atoms with van der Waals surface area (Å²) in [5, 5.41) is 21.4. The predicted molar refractivity (Wildman–Crippen MR) is 100 cm³/mol. The molecule has 0 saturated carbocycles. The van der Waals surface area contributed by atoms with Crippen molar-refractivity contribution in [2.24, 2.45) is 5.92 Å². The van der Waals surface area contributed by atoms with Crippen molar-refractivity contribution < 1.29 is 14.3 Å². The lowest BCUT2D eigenvalue weighted by atomic mass is 10.1. The van der Waals surface area contributed by atoms with Crippen LogP contribution >= 0.6 is 0 Å². The van der Waals surface area contributed by atoms with Gasteiger partial charge in [-0.3, -0.25) is 0 Å². The minimum absolute atomic E-state index is 0.144. The van der Waals surface area contributed by atoms with Crippen molar-refractivity contribution in [3.05, 3.63) is 54.1 Å². The van der Waals surface area contributed by atoms with Gasteiger partial charge in [0, 0.05) is 11.6 Å². The number of ether oxygens (including phenoxy) is 2. The van der Waals surface area contributed by atoms with E-state index in [0.717, 1.165) is 5.56 Å². The number of aromatic nitrogens is 4. The van der Waals surface area contributed by atoms with Crippen LogP contribution in [0.1, 0.15) is 25.5 Å². The van der Waals surface area contributed by atoms with E-state index >= 15 is 0 Å². The molecule has 0 fully saturated rings. The van der Waals surface area contributed by atoms with Crippen LogP contribution in [0.4, 0.5) is 0 Å². The van der Waals surface area contributed by atoms with Crippen LogP contribution in [0.25, 0.3) is 11.4 Å². The molecule has 0 aliphatic rings. The van der Waals surface area contributed by atoms with Gasteiger partial charge in [-0.1, -0.05) is 44.2 Å². The van der Waals surface area contributed by atoms with Crippen molar-refractivity contribution in [2.75, 3.05) is 7.11 Å². The molecular weight excluding hydrogens is 358 g/mol. The fourth-order valence-electron chi connectivity index (χ4n) is 2.67. The highest BCUT2D eigenvalue weighted by Crippen LogP contribution is 2.30. The van der Waals surface area contributed by atoms with Crippen molar-refractivity contribution in [2.45, 2.75) is 19.9 Å². The van der Waals surface area contributed by atoms with Gasteiger partial charge in [0.1, 0.15) is 0 Å². The van der Waals surface area contributed by atoms with Gasteiger partial charge in [0.2, 0.25) is 5.82 Å².